The minimum Gasteiger partial charge on any atom is -0.465 e. The first kappa shape index (κ1) is 45.6. The van der Waals surface area contributed by atoms with E-state index >= 15 is 0 Å². The lowest BCUT2D eigenvalue weighted by Crippen LogP contribution is -2.89. The molecule has 0 radical (unpaired) electrons. The topological polar surface area (TPSA) is 253 Å². The number of cyclic esters (lactones) is 1. The van der Waals surface area contributed by atoms with Crippen molar-refractivity contribution in [3.05, 3.63) is 65.5 Å². The molecule has 1 N–H and O–H groups in total. The molecular formula is C43H49NO18. The molecule has 2 aliphatic carbocycles. The second-order valence-corrected chi connectivity index (χ2v) is 16.5. The third kappa shape index (κ3) is 7.43. The van der Waals surface area contributed by atoms with E-state index in [0.717, 1.165) is 41.5 Å². The molecule has 2 unspecified atom stereocenters. The second kappa shape index (κ2) is 16.7. The Hall–Kier alpha value is -5.95. The first-order chi connectivity index (χ1) is 29.0. The number of carbonyl (C=O) groups excluding carboxylic acids is 8. The molecule has 4 bridgehead atoms. The Balaban J connectivity index is 1.80. The number of nitrogens with zero attached hydrogens (tertiary/aromatic N) is 1. The van der Waals surface area contributed by atoms with E-state index in [1.165, 1.54) is 56.4 Å². The van der Waals surface area contributed by atoms with Crippen molar-refractivity contribution in [1.82, 2.24) is 4.98 Å². The maximum absolute atomic E-state index is 14.6. The number of aromatic nitrogens is 1. The molecule has 2 saturated carbocycles. The number of hydrogen-bond acceptors (Lipinski definition) is 19. The molecule has 1 aromatic heterocycles. The number of rotatable bonds is 8. The third-order valence-electron chi connectivity index (χ3n) is 12.4. The minimum atomic E-state index is -2.87. The zero-order valence-corrected chi connectivity index (χ0v) is 35.6. The molecule has 13 atom stereocenters. The van der Waals surface area contributed by atoms with Gasteiger partial charge in [-0.15, -0.1) is 0 Å². The quantitative estimate of drug-likeness (QED) is 0.295. The van der Waals surface area contributed by atoms with Crippen molar-refractivity contribution in [3.8, 4) is 0 Å². The lowest BCUT2D eigenvalue weighted by atomic mass is 9.45. The second-order valence-electron chi connectivity index (χ2n) is 16.5. The molecule has 4 aliphatic rings. The highest BCUT2D eigenvalue weighted by Crippen LogP contribution is 2.70. The molecule has 1 aromatic carbocycles. The van der Waals surface area contributed by atoms with Crippen molar-refractivity contribution in [2.75, 3.05) is 13.2 Å². The summed E-state index contributed by atoms with van der Waals surface area (Å²) in [5.74, 6) is -11.8. The zero-order valence-electron chi connectivity index (χ0n) is 35.6. The van der Waals surface area contributed by atoms with Crippen LogP contribution in [0.4, 0.5) is 0 Å². The molecular weight excluding hydrogens is 818 g/mol. The van der Waals surface area contributed by atoms with E-state index in [9.17, 15) is 43.5 Å². The Bertz CT molecular complexity index is 2160. The van der Waals surface area contributed by atoms with Gasteiger partial charge >= 0.3 is 47.8 Å². The summed E-state index contributed by atoms with van der Waals surface area (Å²) >= 11 is 0. The highest BCUT2D eigenvalue weighted by molar-refractivity contribution is 5.91. The number of pyridine rings is 1. The molecule has 334 valence electrons. The first-order valence-corrected chi connectivity index (χ1v) is 19.9. The van der Waals surface area contributed by atoms with Gasteiger partial charge in [-0.1, -0.05) is 32.0 Å². The summed E-state index contributed by atoms with van der Waals surface area (Å²) in [5.41, 5.74) is -10.3. The van der Waals surface area contributed by atoms with E-state index in [2.05, 4.69) is 4.98 Å². The van der Waals surface area contributed by atoms with Gasteiger partial charge in [-0.25, -0.2) is 9.59 Å². The van der Waals surface area contributed by atoms with Crippen LogP contribution in [0, 0.1) is 17.3 Å². The molecule has 0 amide bonds. The Kier molecular flexibility index (Phi) is 12.3. The van der Waals surface area contributed by atoms with Crippen LogP contribution >= 0.6 is 0 Å². The summed E-state index contributed by atoms with van der Waals surface area (Å²) in [5, 5.41) is 13.7. The number of aliphatic hydroxyl groups is 1. The smallest absolute Gasteiger partial charge is 0.340 e. The van der Waals surface area contributed by atoms with Gasteiger partial charge in [-0.3, -0.25) is 33.8 Å². The Morgan fingerprint density at radius 3 is 1.90 bits per heavy atom. The molecule has 1 saturated heterocycles. The summed E-state index contributed by atoms with van der Waals surface area (Å²) in [6.45, 7) is 8.69. The fourth-order valence-corrected chi connectivity index (χ4v) is 9.82. The van der Waals surface area contributed by atoms with Crippen LogP contribution in [-0.4, -0.2) is 124 Å². The summed E-state index contributed by atoms with van der Waals surface area (Å²) in [6, 6.07) is 10.3. The highest BCUT2D eigenvalue weighted by Gasteiger charge is 2.92. The molecule has 3 heterocycles. The van der Waals surface area contributed by atoms with Gasteiger partial charge < -0.3 is 47.7 Å². The number of hydrogen-bond donors (Lipinski definition) is 1. The molecule has 6 rings (SSSR count). The van der Waals surface area contributed by atoms with Gasteiger partial charge in [0.25, 0.3) is 0 Å². The van der Waals surface area contributed by atoms with E-state index in [0.29, 0.717) is 0 Å². The van der Waals surface area contributed by atoms with E-state index in [1.54, 1.807) is 13.0 Å². The number of benzene rings is 1. The normalized spacial score (nSPS) is 36.0. The number of fused-ring (bicyclic) bond motifs is 5. The molecule has 2 aromatic rings. The predicted molar refractivity (Wildman–Crippen MR) is 205 cm³/mol. The van der Waals surface area contributed by atoms with Crippen molar-refractivity contribution >= 4 is 47.8 Å². The van der Waals surface area contributed by atoms with Crippen LogP contribution in [0.5, 0.6) is 0 Å². The van der Waals surface area contributed by atoms with Crippen LogP contribution in [0.25, 0.3) is 0 Å². The summed E-state index contributed by atoms with van der Waals surface area (Å²) in [6.07, 6.45) is -10.8. The van der Waals surface area contributed by atoms with Gasteiger partial charge in [0.15, 0.2) is 30.0 Å². The molecule has 1 spiro atoms. The van der Waals surface area contributed by atoms with Crippen LogP contribution in [0.2, 0.25) is 0 Å². The Morgan fingerprint density at radius 1 is 0.742 bits per heavy atom. The van der Waals surface area contributed by atoms with E-state index in [4.69, 9.17) is 42.6 Å². The number of esters is 8. The summed E-state index contributed by atoms with van der Waals surface area (Å²) in [4.78, 5) is 114. The molecule has 19 heteroatoms. The van der Waals surface area contributed by atoms with Crippen LogP contribution in [-0.2, 0) is 71.4 Å². The number of ether oxygens (including phenoxy) is 9. The Labute approximate surface area is 355 Å². The van der Waals surface area contributed by atoms with Crippen molar-refractivity contribution in [2.45, 2.75) is 122 Å². The van der Waals surface area contributed by atoms with Gasteiger partial charge in [0, 0.05) is 46.7 Å². The zero-order chi connectivity index (χ0) is 45.7. The van der Waals surface area contributed by atoms with Crippen LogP contribution in [0.1, 0.15) is 94.6 Å². The molecule has 62 heavy (non-hydrogen) atoms. The average molecular weight is 868 g/mol. The van der Waals surface area contributed by atoms with E-state index < -0.39 is 138 Å². The fraction of sp³-hybridized carbons (Fsp3) is 0.558. The first-order valence-electron chi connectivity index (χ1n) is 19.9. The van der Waals surface area contributed by atoms with Crippen molar-refractivity contribution < 1.29 is 86.1 Å². The van der Waals surface area contributed by atoms with Gasteiger partial charge in [0.2, 0.25) is 0 Å². The van der Waals surface area contributed by atoms with Crippen molar-refractivity contribution in [2.24, 2.45) is 17.3 Å². The van der Waals surface area contributed by atoms with Crippen LogP contribution < -0.4 is 0 Å². The largest absolute Gasteiger partial charge is 0.465 e. The lowest BCUT2D eigenvalue weighted by Gasteiger charge is -2.67. The fourth-order valence-electron chi connectivity index (χ4n) is 9.82. The Morgan fingerprint density at radius 2 is 1.32 bits per heavy atom. The maximum atomic E-state index is 14.6. The van der Waals surface area contributed by atoms with E-state index in [1.807, 2.05) is 0 Å². The predicted octanol–water partition coefficient (Wildman–Crippen LogP) is 2.33. The summed E-state index contributed by atoms with van der Waals surface area (Å²) < 4.78 is 55.4. The maximum Gasteiger partial charge on any atom is 0.340 e. The monoisotopic (exact) mass is 867 g/mol. The van der Waals surface area contributed by atoms with Gasteiger partial charge in [-0.2, -0.15) is 0 Å². The van der Waals surface area contributed by atoms with Crippen LogP contribution in [0.15, 0.2) is 48.7 Å². The lowest BCUT2D eigenvalue weighted by molar-refractivity contribution is -0.386. The average Bonchev–Trinajstić information content (AvgIpc) is 3.42. The van der Waals surface area contributed by atoms with Crippen molar-refractivity contribution in [3.63, 3.8) is 0 Å². The van der Waals surface area contributed by atoms with Crippen LogP contribution in [0.3, 0.4) is 0 Å². The number of carbonyl (C=O) groups is 8. The molecule has 3 fully saturated rings. The minimum absolute atomic E-state index is 0.0497. The third-order valence-corrected chi connectivity index (χ3v) is 12.4. The van der Waals surface area contributed by atoms with Gasteiger partial charge in [0.05, 0.1) is 28.7 Å². The van der Waals surface area contributed by atoms with Gasteiger partial charge in [-0.05, 0) is 38.1 Å². The van der Waals surface area contributed by atoms with Gasteiger partial charge in [0.1, 0.15) is 42.0 Å². The standard InChI is InChI=1S/C43H49NO18/c1-20-21(2)37(50)61-34-32(60-38(51)27-14-11-10-12-15-27)36(59-26(7)49)42(19-54-22(3)45)35(58-25(6)48)31(56-23(4)46)29-33(57-24(5)47)43(42,41(34,9)53)62-40(29,8)18-55-39(52)28-16-13-17-44-30(20)28/h10-17,20-21,29,31-36,53H,18-19H2,1-9H3/t20?,21?,29-,31-,32+,33-,34+,35-,36+,40+,41-,42-,43+/m1/s1. The summed E-state index contributed by atoms with van der Waals surface area (Å²) in [7, 11) is 0. The highest BCUT2D eigenvalue weighted by atomic mass is 16.7. The molecule has 2 aliphatic heterocycles. The molecule has 19 nitrogen and oxygen atoms in total. The van der Waals surface area contributed by atoms with Crippen molar-refractivity contribution in [1.29, 1.82) is 0 Å². The van der Waals surface area contributed by atoms with E-state index in [-0.39, 0.29) is 16.8 Å². The SMILES string of the molecule is CC(=O)OC[C@]12[C@H](OC(C)=O)[C@H](OC(C)=O)[C@@H]3[C@@H](OC(C)=O)[C@@]14O[C@@]3(C)COC(=O)c1cccnc1C(C)C(C)C(=O)O[C@@H]([C@H](OC(=O)c1ccccc1)[C@@H]2OC(C)=O)[C@@]4(C)O.